The molecule has 2 atom stereocenters. The van der Waals surface area contributed by atoms with Crippen LogP contribution in [0.2, 0.25) is 5.02 Å². The van der Waals surface area contributed by atoms with Crippen LogP contribution < -0.4 is 5.73 Å². The first kappa shape index (κ1) is 12.8. The molecular formula is C13H18ClFN2. The number of likely N-dealkylation sites (tertiary alicyclic amines) is 1. The standard InChI is InChI=1S/C13H18ClFN2/c1-9-4-12(16)8-17(6-9)7-10-2-3-11(14)5-13(10)15/h2-3,5,9,12H,4,6-8,16H2,1H3. The Labute approximate surface area is 107 Å². The fraction of sp³-hybridized carbons (Fsp3) is 0.538. The fourth-order valence-electron chi connectivity index (χ4n) is 2.53. The van der Waals surface area contributed by atoms with E-state index in [0.29, 0.717) is 23.0 Å². The van der Waals surface area contributed by atoms with Gasteiger partial charge in [-0.2, -0.15) is 0 Å². The fourth-order valence-corrected chi connectivity index (χ4v) is 2.69. The van der Waals surface area contributed by atoms with Gasteiger partial charge in [0.2, 0.25) is 0 Å². The Bertz CT molecular complexity index is 387. The smallest absolute Gasteiger partial charge is 0.129 e. The lowest BCUT2D eigenvalue weighted by Gasteiger charge is -2.34. The SMILES string of the molecule is CC1CC(N)CN(Cc2ccc(Cl)cc2F)C1. The number of hydrogen-bond acceptors (Lipinski definition) is 2. The van der Waals surface area contributed by atoms with Crippen LogP contribution in [-0.4, -0.2) is 24.0 Å². The van der Waals surface area contributed by atoms with Crippen molar-refractivity contribution in [3.05, 3.63) is 34.6 Å². The van der Waals surface area contributed by atoms with Gasteiger partial charge in [0.15, 0.2) is 0 Å². The van der Waals surface area contributed by atoms with E-state index in [2.05, 4.69) is 11.8 Å². The Kier molecular flexibility index (Phi) is 4.02. The van der Waals surface area contributed by atoms with E-state index < -0.39 is 0 Å². The summed E-state index contributed by atoms with van der Waals surface area (Å²) < 4.78 is 13.7. The van der Waals surface area contributed by atoms with Crippen LogP contribution in [0.4, 0.5) is 4.39 Å². The highest BCUT2D eigenvalue weighted by Gasteiger charge is 2.22. The number of benzene rings is 1. The van der Waals surface area contributed by atoms with Gasteiger partial charge >= 0.3 is 0 Å². The van der Waals surface area contributed by atoms with Crippen LogP contribution in [0.1, 0.15) is 18.9 Å². The minimum Gasteiger partial charge on any atom is -0.327 e. The summed E-state index contributed by atoms with van der Waals surface area (Å²) in [5.41, 5.74) is 6.67. The molecular weight excluding hydrogens is 239 g/mol. The summed E-state index contributed by atoms with van der Waals surface area (Å²) >= 11 is 5.73. The summed E-state index contributed by atoms with van der Waals surface area (Å²) in [6.07, 6.45) is 1.06. The van der Waals surface area contributed by atoms with Gasteiger partial charge in [-0.05, 0) is 24.5 Å². The van der Waals surface area contributed by atoms with Gasteiger partial charge in [-0.15, -0.1) is 0 Å². The Morgan fingerprint density at radius 3 is 2.88 bits per heavy atom. The quantitative estimate of drug-likeness (QED) is 0.882. The molecule has 0 aromatic heterocycles. The lowest BCUT2D eigenvalue weighted by atomic mass is 9.96. The number of piperidine rings is 1. The normalized spacial score (nSPS) is 26.1. The molecule has 0 amide bonds. The molecule has 94 valence electrons. The van der Waals surface area contributed by atoms with Crippen LogP contribution in [0.5, 0.6) is 0 Å². The van der Waals surface area contributed by atoms with Crippen molar-refractivity contribution in [1.29, 1.82) is 0 Å². The van der Waals surface area contributed by atoms with Crippen LogP contribution in [0.25, 0.3) is 0 Å². The summed E-state index contributed by atoms with van der Waals surface area (Å²) in [5.74, 6) is 0.346. The maximum absolute atomic E-state index is 13.7. The number of nitrogens with zero attached hydrogens (tertiary/aromatic N) is 1. The third kappa shape index (κ3) is 3.41. The second-order valence-corrected chi connectivity index (χ2v) is 5.47. The second kappa shape index (κ2) is 5.34. The molecule has 0 aliphatic carbocycles. The molecule has 4 heteroatoms. The zero-order chi connectivity index (χ0) is 12.4. The van der Waals surface area contributed by atoms with Gasteiger partial charge in [-0.1, -0.05) is 24.6 Å². The highest BCUT2D eigenvalue weighted by atomic mass is 35.5. The molecule has 2 N–H and O–H groups in total. The molecule has 0 saturated carbocycles. The van der Waals surface area contributed by atoms with E-state index >= 15 is 0 Å². The first-order valence-electron chi connectivity index (χ1n) is 5.96. The zero-order valence-corrected chi connectivity index (χ0v) is 10.8. The Morgan fingerprint density at radius 1 is 1.47 bits per heavy atom. The van der Waals surface area contributed by atoms with Crippen molar-refractivity contribution in [2.24, 2.45) is 11.7 Å². The Hall–Kier alpha value is -0.640. The van der Waals surface area contributed by atoms with Crippen LogP contribution in [0, 0.1) is 11.7 Å². The van der Waals surface area contributed by atoms with Crippen molar-refractivity contribution < 1.29 is 4.39 Å². The largest absolute Gasteiger partial charge is 0.327 e. The lowest BCUT2D eigenvalue weighted by Crippen LogP contribution is -2.45. The monoisotopic (exact) mass is 256 g/mol. The molecule has 2 nitrogen and oxygen atoms in total. The molecule has 1 aliphatic heterocycles. The number of nitrogens with two attached hydrogens (primary N) is 1. The van der Waals surface area contributed by atoms with Crippen molar-refractivity contribution in [3.8, 4) is 0 Å². The molecule has 1 aliphatic rings. The van der Waals surface area contributed by atoms with Gasteiger partial charge in [0, 0.05) is 36.3 Å². The van der Waals surface area contributed by atoms with Crippen molar-refractivity contribution >= 4 is 11.6 Å². The van der Waals surface area contributed by atoms with E-state index in [1.165, 1.54) is 6.07 Å². The van der Waals surface area contributed by atoms with Crippen LogP contribution in [-0.2, 0) is 6.54 Å². The molecule has 0 radical (unpaired) electrons. The van der Waals surface area contributed by atoms with Crippen molar-refractivity contribution in [3.63, 3.8) is 0 Å². The van der Waals surface area contributed by atoms with E-state index in [-0.39, 0.29) is 11.9 Å². The molecule has 1 fully saturated rings. The Balaban J connectivity index is 2.04. The van der Waals surface area contributed by atoms with Crippen LogP contribution in [0.3, 0.4) is 0 Å². The van der Waals surface area contributed by atoms with Crippen LogP contribution >= 0.6 is 11.6 Å². The summed E-state index contributed by atoms with van der Waals surface area (Å²) in [5, 5.41) is 0.440. The van der Waals surface area contributed by atoms with Crippen molar-refractivity contribution in [1.82, 2.24) is 4.90 Å². The second-order valence-electron chi connectivity index (χ2n) is 5.03. The van der Waals surface area contributed by atoms with Gasteiger partial charge in [0.05, 0.1) is 0 Å². The van der Waals surface area contributed by atoms with Gasteiger partial charge in [-0.25, -0.2) is 4.39 Å². The van der Waals surface area contributed by atoms with Gasteiger partial charge in [0.25, 0.3) is 0 Å². The molecule has 1 saturated heterocycles. The van der Waals surface area contributed by atoms with E-state index in [1.807, 2.05) is 0 Å². The number of halogens is 2. The predicted octanol–water partition coefficient (Wildman–Crippen LogP) is 2.65. The van der Waals surface area contributed by atoms with Crippen LogP contribution in [0.15, 0.2) is 18.2 Å². The first-order chi connectivity index (χ1) is 8.04. The van der Waals surface area contributed by atoms with Gasteiger partial charge < -0.3 is 5.73 Å². The molecule has 2 unspecified atom stereocenters. The topological polar surface area (TPSA) is 29.3 Å². The summed E-state index contributed by atoms with van der Waals surface area (Å²) in [4.78, 5) is 2.21. The van der Waals surface area contributed by atoms with E-state index in [0.717, 1.165) is 19.5 Å². The third-order valence-electron chi connectivity index (χ3n) is 3.18. The average molecular weight is 257 g/mol. The average Bonchev–Trinajstić information content (AvgIpc) is 2.21. The number of rotatable bonds is 2. The summed E-state index contributed by atoms with van der Waals surface area (Å²) in [7, 11) is 0. The maximum Gasteiger partial charge on any atom is 0.129 e. The molecule has 1 aromatic rings. The molecule has 2 rings (SSSR count). The predicted molar refractivity (Wildman–Crippen MR) is 68.4 cm³/mol. The summed E-state index contributed by atoms with van der Waals surface area (Å²) in [6, 6.07) is 5.05. The van der Waals surface area contributed by atoms with E-state index in [9.17, 15) is 4.39 Å². The minimum absolute atomic E-state index is 0.203. The number of hydrogen-bond donors (Lipinski definition) is 1. The minimum atomic E-state index is -0.232. The van der Waals surface area contributed by atoms with Crippen molar-refractivity contribution in [2.75, 3.05) is 13.1 Å². The zero-order valence-electron chi connectivity index (χ0n) is 10.00. The molecule has 0 spiro atoms. The molecule has 1 heterocycles. The van der Waals surface area contributed by atoms with Crippen molar-refractivity contribution in [2.45, 2.75) is 25.9 Å². The molecule has 1 aromatic carbocycles. The van der Waals surface area contributed by atoms with E-state index in [1.54, 1.807) is 12.1 Å². The third-order valence-corrected chi connectivity index (χ3v) is 3.41. The Morgan fingerprint density at radius 2 is 2.24 bits per heavy atom. The highest BCUT2D eigenvalue weighted by molar-refractivity contribution is 6.30. The van der Waals surface area contributed by atoms with Gasteiger partial charge in [-0.3, -0.25) is 4.90 Å². The first-order valence-corrected chi connectivity index (χ1v) is 6.34. The molecule has 0 bridgehead atoms. The molecule has 17 heavy (non-hydrogen) atoms. The van der Waals surface area contributed by atoms with E-state index in [4.69, 9.17) is 17.3 Å². The highest BCUT2D eigenvalue weighted by Crippen LogP contribution is 2.20. The van der Waals surface area contributed by atoms with Gasteiger partial charge in [0.1, 0.15) is 5.82 Å². The maximum atomic E-state index is 13.7. The summed E-state index contributed by atoms with van der Waals surface area (Å²) in [6.45, 7) is 4.62. The lowest BCUT2D eigenvalue weighted by molar-refractivity contribution is 0.157.